The van der Waals surface area contributed by atoms with Crippen LogP contribution in [0.5, 0.6) is 5.88 Å². The molecule has 0 saturated heterocycles. The van der Waals surface area contributed by atoms with Crippen LogP contribution in [0.3, 0.4) is 0 Å². The second kappa shape index (κ2) is 10.1. The third-order valence-corrected chi connectivity index (χ3v) is 5.67. The monoisotopic (exact) mass is 483 g/mol. The Labute approximate surface area is 207 Å². The molecule has 5 rings (SSSR count). The van der Waals surface area contributed by atoms with Gasteiger partial charge in [-0.2, -0.15) is 0 Å². The maximum Gasteiger partial charge on any atom is 0.233 e. The van der Waals surface area contributed by atoms with Crippen LogP contribution in [0, 0.1) is 12.7 Å². The number of imidazole rings is 1. The van der Waals surface area contributed by atoms with Crippen LogP contribution < -0.4 is 15.8 Å². The molecule has 1 atom stereocenters. The first-order chi connectivity index (χ1) is 17.5. The van der Waals surface area contributed by atoms with Crippen LogP contribution in [0.1, 0.15) is 18.4 Å². The van der Waals surface area contributed by atoms with E-state index in [9.17, 15) is 4.39 Å². The van der Waals surface area contributed by atoms with Crippen molar-refractivity contribution in [3.63, 3.8) is 0 Å². The molecule has 0 aliphatic rings. The first-order valence-corrected chi connectivity index (χ1v) is 11.7. The molecular formula is C27H26FN7O. The number of aromatic amines is 1. The highest BCUT2D eigenvalue weighted by molar-refractivity contribution is 5.85. The summed E-state index contributed by atoms with van der Waals surface area (Å²) >= 11 is 0. The maximum atomic E-state index is 14.1. The van der Waals surface area contributed by atoms with Crippen molar-refractivity contribution < 1.29 is 9.13 Å². The molecule has 36 heavy (non-hydrogen) atoms. The number of anilines is 1. The molecule has 3 heterocycles. The van der Waals surface area contributed by atoms with Gasteiger partial charge in [-0.25, -0.2) is 19.3 Å². The molecule has 2 aromatic carbocycles. The highest BCUT2D eigenvalue weighted by Gasteiger charge is 2.17. The Hall–Kier alpha value is -4.37. The lowest BCUT2D eigenvalue weighted by molar-refractivity contribution is 0.220. The third kappa shape index (κ3) is 5.01. The Morgan fingerprint density at radius 3 is 2.69 bits per heavy atom. The summed E-state index contributed by atoms with van der Waals surface area (Å²) in [7, 11) is 0. The van der Waals surface area contributed by atoms with Crippen LogP contribution in [0.4, 0.5) is 10.1 Å². The van der Waals surface area contributed by atoms with Gasteiger partial charge in [0.2, 0.25) is 5.88 Å². The van der Waals surface area contributed by atoms with Gasteiger partial charge in [0.25, 0.3) is 0 Å². The predicted octanol–water partition coefficient (Wildman–Crippen LogP) is 4.87. The van der Waals surface area contributed by atoms with Gasteiger partial charge in [-0.15, -0.1) is 0 Å². The zero-order valence-corrected chi connectivity index (χ0v) is 20.0. The van der Waals surface area contributed by atoms with Gasteiger partial charge in [-0.05, 0) is 50.2 Å². The normalized spacial score (nSPS) is 12.0. The van der Waals surface area contributed by atoms with Gasteiger partial charge in [0, 0.05) is 17.8 Å². The fourth-order valence-electron chi connectivity index (χ4n) is 3.82. The molecule has 8 nitrogen and oxygen atoms in total. The van der Waals surface area contributed by atoms with Gasteiger partial charge in [-0.3, -0.25) is 4.98 Å². The molecule has 0 aliphatic carbocycles. The van der Waals surface area contributed by atoms with Crippen LogP contribution in [-0.4, -0.2) is 37.6 Å². The number of nitrogens with two attached hydrogens (primary N) is 1. The number of pyridine rings is 1. The molecule has 3 aromatic heterocycles. The van der Waals surface area contributed by atoms with Crippen molar-refractivity contribution >= 4 is 16.7 Å². The highest BCUT2D eigenvalue weighted by atomic mass is 19.1. The lowest BCUT2D eigenvalue weighted by Crippen LogP contribution is -2.23. The van der Waals surface area contributed by atoms with E-state index in [4.69, 9.17) is 15.5 Å². The Kier molecular flexibility index (Phi) is 6.55. The van der Waals surface area contributed by atoms with Crippen LogP contribution in [-0.2, 0) is 6.54 Å². The second-order valence-electron chi connectivity index (χ2n) is 8.48. The summed E-state index contributed by atoms with van der Waals surface area (Å²) in [4.78, 5) is 22.0. The smallest absolute Gasteiger partial charge is 0.233 e. The van der Waals surface area contributed by atoms with Crippen LogP contribution in [0.25, 0.3) is 33.7 Å². The van der Waals surface area contributed by atoms with Crippen LogP contribution in [0.15, 0.2) is 66.9 Å². The summed E-state index contributed by atoms with van der Waals surface area (Å²) in [5.41, 5.74) is 11.5. The van der Waals surface area contributed by atoms with E-state index in [-0.39, 0.29) is 11.9 Å². The molecule has 0 saturated carbocycles. The largest absolute Gasteiger partial charge is 0.472 e. The predicted molar refractivity (Wildman–Crippen MR) is 138 cm³/mol. The van der Waals surface area contributed by atoms with Gasteiger partial charge in [0.1, 0.15) is 23.4 Å². The van der Waals surface area contributed by atoms with Crippen molar-refractivity contribution in [2.24, 2.45) is 5.73 Å². The molecule has 0 amide bonds. The van der Waals surface area contributed by atoms with Crippen molar-refractivity contribution in [1.82, 2.24) is 24.9 Å². The molecular weight excluding hydrogens is 457 g/mol. The van der Waals surface area contributed by atoms with Crippen LogP contribution in [0.2, 0.25) is 0 Å². The summed E-state index contributed by atoms with van der Waals surface area (Å²) in [6.45, 7) is 4.50. The number of aromatic nitrogens is 5. The molecule has 0 aliphatic heterocycles. The van der Waals surface area contributed by atoms with E-state index in [1.807, 2.05) is 50.2 Å². The summed E-state index contributed by atoms with van der Waals surface area (Å²) < 4.78 is 19.8. The number of halogens is 1. The van der Waals surface area contributed by atoms with Crippen molar-refractivity contribution in [3.05, 3.63) is 84.2 Å². The first-order valence-electron chi connectivity index (χ1n) is 11.7. The summed E-state index contributed by atoms with van der Waals surface area (Å²) in [6.07, 6.45) is 1.43. The number of fused-ring (bicyclic) bond motifs is 1. The molecule has 5 aromatic rings. The topological polar surface area (TPSA) is 115 Å². The minimum Gasteiger partial charge on any atom is -0.472 e. The maximum absolute atomic E-state index is 14.1. The van der Waals surface area contributed by atoms with E-state index in [2.05, 4.69) is 25.3 Å². The van der Waals surface area contributed by atoms with E-state index in [0.717, 1.165) is 28.2 Å². The molecule has 0 radical (unpaired) electrons. The number of aryl methyl sites for hydroxylation is 1. The fourth-order valence-corrected chi connectivity index (χ4v) is 3.82. The van der Waals surface area contributed by atoms with E-state index in [1.54, 1.807) is 24.4 Å². The average molecular weight is 484 g/mol. The lowest BCUT2D eigenvalue weighted by atomic mass is 10.1. The van der Waals surface area contributed by atoms with Crippen molar-refractivity contribution in [2.45, 2.75) is 26.5 Å². The standard InChI is InChI=1S/C27H26FN7O/c1-16-6-5-9-22(32-16)27-26(34-24(35-27)14-30-20-8-4-3-7-19(20)28)18-10-11-21-23(12-18)33-25(15-31-21)36-17(2)13-29/h3-12,15,17,30H,13-14,29H2,1-2H3,(H,34,35)/t17-/m0/s1. The zero-order chi connectivity index (χ0) is 25.1. The van der Waals surface area contributed by atoms with Gasteiger partial charge >= 0.3 is 0 Å². The van der Waals surface area contributed by atoms with Crippen molar-refractivity contribution in [2.75, 3.05) is 11.9 Å². The van der Waals surface area contributed by atoms with E-state index in [1.165, 1.54) is 6.07 Å². The van der Waals surface area contributed by atoms with Gasteiger partial charge in [-0.1, -0.05) is 24.3 Å². The minimum absolute atomic E-state index is 0.170. The Morgan fingerprint density at radius 2 is 1.89 bits per heavy atom. The zero-order valence-electron chi connectivity index (χ0n) is 20.0. The Bertz CT molecular complexity index is 1520. The number of hydrogen-bond donors (Lipinski definition) is 3. The molecule has 0 bridgehead atoms. The first kappa shape index (κ1) is 23.4. The number of benzene rings is 2. The number of nitrogens with zero attached hydrogens (tertiary/aromatic N) is 4. The lowest BCUT2D eigenvalue weighted by Gasteiger charge is -2.11. The quantitative estimate of drug-likeness (QED) is 0.288. The average Bonchev–Trinajstić information content (AvgIpc) is 3.32. The van der Waals surface area contributed by atoms with Crippen molar-refractivity contribution in [1.29, 1.82) is 0 Å². The number of nitrogens with one attached hydrogen (secondary N) is 2. The number of H-pyrrole nitrogens is 1. The Morgan fingerprint density at radius 1 is 1.03 bits per heavy atom. The summed E-state index contributed by atoms with van der Waals surface area (Å²) in [5.74, 6) is 0.740. The highest BCUT2D eigenvalue weighted by Crippen LogP contribution is 2.31. The summed E-state index contributed by atoms with van der Waals surface area (Å²) in [6, 6.07) is 18.1. The number of rotatable bonds is 8. The molecule has 4 N–H and O–H groups in total. The van der Waals surface area contributed by atoms with Crippen molar-refractivity contribution in [3.8, 4) is 28.5 Å². The number of para-hydroxylation sites is 1. The van der Waals surface area contributed by atoms with E-state index in [0.29, 0.717) is 41.7 Å². The fraction of sp³-hybridized carbons (Fsp3) is 0.185. The third-order valence-electron chi connectivity index (χ3n) is 5.67. The molecule has 0 fully saturated rings. The second-order valence-corrected chi connectivity index (χ2v) is 8.48. The van der Waals surface area contributed by atoms with Gasteiger partial charge in [0.05, 0.1) is 40.9 Å². The molecule has 0 unspecified atom stereocenters. The SMILES string of the molecule is Cc1cccc(-c2nc(CNc3ccccc3F)[nH]c2-c2ccc3ncc(O[C@@H](C)CN)nc3c2)n1. The molecule has 0 spiro atoms. The minimum atomic E-state index is -0.320. The van der Waals surface area contributed by atoms with E-state index >= 15 is 0 Å². The Balaban J connectivity index is 1.54. The van der Waals surface area contributed by atoms with Crippen LogP contribution >= 0.6 is 0 Å². The summed E-state index contributed by atoms with van der Waals surface area (Å²) in [5, 5.41) is 3.11. The number of ether oxygens (including phenoxy) is 1. The van der Waals surface area contributed by atoms with E-state index < -0.39 is 0 Å². The number of hydrogen-bond acceptors (Lipinski definition) is 7. The molecule has 182 valence electrons. The van der Waals surface area contributed by atoms with Gasteiger partial charge < -0.3 is 20.8 Å². The van der Waals surface area contributed by atoms with Gasteiger partial charge in [0.15, 0.2) is 0 Å². The molecule has 9 heteroatoms.